The summed E-state index contributed by atoms with van der Waals surface area (Å²) in [6, 6.07) is 8.06. The molecule has 1 aliphatic carbocycles. The summed E-state index contributed by atoms with van der Waals surface area (Å²) in [5.41, 5.74) is 1.18. The van der Waals surface area contributed by atoms with Crippen LogP contribution in [0, 0.1) is 5.92 Å². The van der Waals surface area contributed by atoms with E-state index in [0.717, 1.165) is 10.9 Å². The van der Waals surface area contributed by atoms with Crippen LogP contribution in [0.1, 0.15) is 31.7 Å². The highest BCUT2D eigenvalue weighted by Crippen LogP contribution is 2.47. The van der Waals surface area contributed by atoms with Crippen molar-refractivity contribution in [3.05, 3.63) is 34.3 Å². The van der Waals surface area contributed by atoms with E-state index in [-0.39, 0.29) is 30.2 Å². The van der Waals surface area contributed by atoms with Gasteiger partial charge in [0, 0.05) is 23.5 Å². The molecule has 0 aromatic heterocycles. The highest BCUT2D eigenvalue weighted by molar-refractivity contribution is 9.10. The third-order valence-corrected chi connectivity index (χ3v) is 4.43. The summed E-state index contributed by atoms with van der Waals surface area (Å²) in [5.74, 6) is 0.253. The second-order valence-electron chi connectivity index (χ2n) is 5.29. The lowest BCUT2D eigenvalue weighted by atomic mass is 10.1. The molecule has 0 saturated heterocycles. The topological polar surface area (TPSA) is 49.4 Å². The van der Waals surface area contributed by atoms with Crippen LogP contribution < -0.4 is 5.32 Å². The Hall–Kier alpha value is -1.36. The molecule has 0 unspecified atom stereocenters. The van der Waals surface area contributed by atoms with Crippen LogP contribution in [0.2, 0.25) is 0 Å². The van der Waals surface area contributed by atoms with E-state index < -0.39 is 0 Å². The number of likely N-dealkylation sites (N-methyl/N-ethyl adjacent to an activating group) is 1. The molecule has 1 saturated carbocycles. The summed E-state index contributed by atoms with van der Waals surface area (Å²) < 4.78 is 1.03. The molecule has 0 heterocycles. The van der Waals surface area contributed by atoms with E-state index in [2.05, 4.69) is 27.3 Å². The summed E-state index contributed by atoms with van der Waals surface area (Å²) in [7, 11) is 0. The molecule has 2 amide bonds. The van der Waals surface area contributed by atoms with Crippen molar-refractivity contribution in [2.75, 3.05) is 19.6 Å². The molecule has 114 valence electrons. The van der Waals surface area contributed by atoms with Gasteiger partial charge in [0.15, 0.2) is 0 Å². The first-order chi connectivity index (χ1) is 10.1. The number of rotatable bonds is 6. The van der Waals surface area contributed by atoms with Gasteiger partial charge in [0.05, 0.1) is 6.54 Å². The van der Waals surface area contributed by atoms with Crippen LogP contribution in [0.3, 0.4) is 0 Å². The van der Waals surface area contributed by atoms with Crippen LogP contribution in [0.25, 0.3) is 0 Å². The predicted octanol–water partition coefficient (Wildman–Crippen LogP) is 2.54. The Labute approximate surface area is 134 Å². The zero-order valence-corrected chi connectivity index (χ0v) is 14.0. The van der Waals surface area contributed by atoms with Crippen molar-refractivity contribution in [3.8, 4) is 0 Å². The maximum absolute atomic E-state index is 12.1. The Morgan fingerprint density at radius 2 is 2.05 bits per heavy atom. The molecular weight excluding hydrogens is 332 g/mol. The van der Waals surface area contributed by atoms with Gasteiger partial charge in [-0.3, -0.25) is 9.59 Å². The van der Waals surface area contributed by atoms with Crippen molar-refractivity contribution >= 4 is 27.7 Å². The third kappa shape index (κ3) is 4.06. The molecule has 1 fully saturated rings. The molecular formula is C16H21BrN2O2. The first-order valence-electron chi connectivity index (χ1n) is 7.37. The first kappa shape index (κ1) is 16.0. The fourth-order valence-corrected chi connectivity index (χ4v) is 2.99. The molecule has 5 heteroatoms. The first-order valence-corrected chi connectivity index (χ1v) is 8.17. The van der Waals surface area contributed by atoms with Gasteiger partial charge in [-0.15, -0.1) is 0 Å². The van der Waals surface area contributed by atoms with E-state index in [4.69, 9.17) is 0 Å². The highest BCUT2D eigenvalue weighted by atomic mass is 79.9. The molecule has 0 spiro atoms. The number of halogens is 1. The third-order valence-electron chi connectivity index (χ3n) is 3.93. The van der Waals surface area contributed by atoms with Crippen LogP contribution in [0.5, 0.6) is 0 Å². The van der Waals surface area contributed by atoms with Gasteiger partial charge in [-0.05, 0) is 43.9 Å². The van der Waals surface area contributed by atoms with Gasteiger partial charge in [-0.25, -0.2) is 0 Å². The number of benzene rings is 1. The van der Waals surface area contributed by atoms with Crippen molar-refractivity contribution in [2.24, 2.45) is 5.92 Å². The lowest BCUT2D eigenvalue weighted by Gasteiger charge is -2.18. The van der Waals surface area contributed by atoms with E-state index in [1.807, 2.05) is 32.0 Å². The Kier molecular flexibility index (Phi) is 5.39. The number of hydrogen-bond donors (Lipinski definition) is 1. The van der Waals surface area contributed by atoms with Crippen LogP contribution >= 0.6 is 15.9 Å². The van der Waals surface area contributed by atoms with Gasteiger partial charge in [0.2, 0.25) is 11.8 Å². The average molecular weight is 353 g/mol. The van der Waals surface area contributed by atoms with Crippen LogP contribution in [-0.4, -0.2) is 36.3 Å². The molecule has 1 aromatic carbocycles. The van der Waals surface area contributed by atoms with Crippen molar-refractivity contribution in [1.29, 1.82) is 0 Å². The number of amides is 2. The minimum absolute atomic E-state index is 0.00352. The van der Waals surface area contributed by atoms with Gasteiger partial charge < -0.3 is 10.2 Å². The molecule has 0 radical (unpaired) electrons. The lowest BCUT2D eigenvalue weighted by Crippen LogP contribution is -2.40. The minimum Gasteiger partial charge on any atom is -0.347 e. The van der Waals surface area contributed by atoms with E-state index in [1.54, 1.807) is 4.90 Å². The summed E-state index contributed by atoms with van der Waals surface area (Å²) in [6.45, 7) is 5.33. The lowest BCUT2D eigenvalue weighted by molar-refractivity contribution is -0.132. The van der Waals surface area contributed by atoms with E-state index in [9.17, 15) is 9.59 Å². The van der Waals surface area contributed by atoms with Crippen molar-refractivity contribution < 1.29 is 9.59 Å². The van der Waals surface area contributed by atoms with Crippen LogP contribution in [0.4, 0.5) is 0 Å². The Balaban J connectivity index is 1.82. The van der Waals surface area contributed by atoms with E-state index in [0.29, 0.717) is 13.1 Å². The number of nitrogens with one attached hydrogen (secondary N) is 1. The van der Waals surface area contributed by atoms with Gasteiger partial charge in [-0.2, -0.15) is 0 Å². The minimum atomic E-state index is -0.0204. The van der Waals surface area contributed by atoms with Crippen molar-refractivity contribution in [1.82, 2.24) is 10.2 Å². The summed E-state index contributed by atoms with van der Waals surface area (Å²) >= 11 is 3.45. The van der Waals surface area contributed by atoms with Gasteiger partial charge in [0.25, 0.3) is 0 Å². The number of carbonyl (C=O) groups is 2. The van der Waals surface area contributed by atoms with Crippen molar-refractivity contribution in [3.63, 3.8) is 0 Å². The smallest absolute Gasteiger partial charge is 0.241 e. The molecule has 1 N–H and O–H groups in total. The zero-order valence-electron chi connectivity index (χ0n) is 12.4. The average Bonchev–Trinajstić information content (AvgIpc) is 3.26. The van der Waals surface area contributed by atoms with E-state index >= 15 is 0 Å². The Bertz CT molecular complexity index is 529. The Morgan fingerprint density at radius 1 is 1.33 bits per heavy atom. The van der Waals surface area contributed by atoms with Crippen molar-refractivity contribution in [2.45, 2.75) is 26.2 Å². The molecule has 4 nitrogen and oxygen atoms in total. The maximum atomic E-state index is 12.1. The summed E-state index contributed by atoms with van der Waals surface area (Å²) in [6.07, 6.45) is 0.863. The fraction of sp³-hybridized carbons (Fsp3) is 0.500. The SMILES string of the molecule is CCN(CC)C(=O)CNC(=O)[C@@H]1C[C@@H]1c1cccc(Br)c1. The molecule has 2 atom stereocenters. The normalized spacial score (nSPS) is 20.0. The summed E-state index contributed by atoms with van der Waals surface area (Å²) in [5, 5.41) is 2.77. The maximum Gasteiger partial charge on any atom is 0.241 e. The number of nitrogens with zero attached hydrogens (tertiary/aromatic N) is 1. The predicted molar refractivity (Wildman–Crippen MR) is 85.9 cm³/mol. The monoisotopic (exact) mass is 352 g/mol. The zero-order chi connectivity index (χ0) is 15.4. The number of carbonyl (C=O) groups excluding carboxylic acids is 2. The second kappa shape index (κ2) is 7.07. The molecule has 1 aromatic rings. The molecule has 0 aliphatic heterocycles. The number of hydrogen-bond acceptors (Lipinski definition) is 2. The molecule has 21 heavy (non-hydrogen) atoms. The van der Waals surface area contributed by atoms with Gasteiger partial charge in [-0.1, -0.05) is 28.1 Å². The molecule has 1 aliphatic rings. The fourth-order valence-electron chi connectivity index (χ4n) is 2.57. The largest absolute Gasteiger partial charge is 0.347 e. The second-order valence-corrected chi connectivity index (χ2v) is 6.20. The van der Waals surface area contributed by atoms with Crippen LogP contribution in [-0.2, 0) is 9.59 Å². The van der Waals surface area contributed by atoms with Gasteiger partial charge in [0.1, 0.15) is 0 Å². The van der Waals surface area contributed by atoms with Gasteiger partial charge >= 0.3 is 0 Å². The summed E-state index contributed by atoms with van der Waals surface area (Å²) in [4.78, 5) is 25.7. The molecule has 2 rings (SSSR count). The Morgan fingerprint density at radius 3 is 2.67 bits per heavy atom. The highest BCUT2D eigenvalue weighted by Gasteiger charge is 2.43. The van der Waals surface area contributed by atoms with E-state index in [1.165, 1.54) is 5.56 Å². The quantitative estimate of drug-likeness (QED) is 0.855. The standard InChI is InChI=1S/C16H21BrN2O2/c1-3-19(4-2)15(20)10-18-16(21)14-9-13(14)11-6-5-7-12(17)8-11/h5-8,13-14H,3-4,9-10H2,1-2H3,(H,18,21)/t13-,14-/m1/s1. The molecule has 0 bridgehead atoms. The van der Waals surface area contributed by atoms with Crippen LogP contribution in [0.15, 0.2) is 28.7 Å².